The molecule has 0 bridgehead atoms. The topological polar surface area (TPSA) is 26.3 Å². The Morgan fingerprint density at radius 3 is 0.925 bits per heavy atom. The fourth-order valence-electron chi connectivity index (χ4n) is 6.02. The molecule has 240 valence electrons. The molecule has 0 aliphatic rings. The smallest absolute Gasteiger partial charge is 0.308 e. The lowest BCUT2D eigenvalue weighted by Crippen LogP contribution is -2.18. The van der Waals surface area contributed by atoms with E-state index in [9.17, 15) is 4.79 Å². The summed E-state index contributed by atoms with van der Waals surface area (Å²) in [5.74, 6) is 0.258. The van der Waals surface area contributed by atoms with Crippen LogP contribution in [0, 0.1) is 5.92 Å². The van der Waals surface area contributed by atoms with Gasteiger partial charge in [0.1, 0.15) is 0 Å². The van der Waals surface area contributed by atoms with Crippen LogP contribution in [0.3, 0.4) is 0 Å². The minimum absolute atomic E-state index is 0.114. The highest BCUT2D eigenvalue weighted by molar-refractivity contribution is 5.72. The van der Waals surface area contributed by atoms with E-state index in [1.807, 2.05) is 0 Å². The van der Waals surface area contributed by atoms with Crippen LogP contribution in [-0.4, -0.2) is 12.6 Å². The summed E-state index contributed by atoms with van der Waals surface area (Å²) >= 11 is 0. The van der Waals surface area contributed by atoms with Crippen LogP contribution in [0.2, 0.25) is 0 Å². The van der Waals surface area contributed by atoms with Gasteiger partial charge < -0.3 is 4.74 Å². The number of hydrogen-bond donors (Lipinski definition) is 0. The second-order valence-electron chi connectivity index (χ2n) is 13.0. The van der Waals surface area contributed by atoms with Crippen LogP contribution < -0.4 is 0 Å². The average Bonchev–Trinajstić information content (AvgIpc) is 2.96. The molecule has 0 aliphatic heterocycles. The van der Waals surface area contributed by atoms with Gasteiger partial charge in [0.15, 0.2) is 0 Å². The third-order valence-corrected chi connectivity index (χ3v) is 8.89. The fourth-order valence-corrected chi connectivity index (χ4v) is 6.02. The van der Waals surface area contributed by atoms with Crippen LogP contribution in [0.5, 0.6) is 0 Å². The van der Waals surface area contributed by atoms with Crippen LogP contribution in [-0.2, 0) is 9.53 Å². The lowest BCUT2D eigenvalue weighted by Gasteiger charge is -2.16. The second-order valence-corrected chi connectivity index (χ2v) is 13.0. The van der Waals surface area contributed by atoms with E-state index in [4.69, 9.17) is 4.74 Å². The molecule has 0 amide bonds. The molecule has 0 aromatic rings. The number of esters is 1. The monoisotopic (exact) mass is 565 g/mol. The van der Waals surface area contributed by atoms with E-state index in [0.29, 0.717) is 6.61 Å². The fraction of sp³-hybridized carbons (Fsp3) is 0.974. The first-order valence-corrected chi connectivity index (χ1v) is 18.9. The summed E-state index contributed by atoms with van der Waals surface area (Å²) in [4.78, 5) is 13.0. The van der Waals surface area contributed by atoms with Crippen molar-refractivity contribution in [3.8, 4) is 0 Å². The number of carbonyl (C=O) groups is 1. The molecule has 0 aliphatic carbocycles. The first-order valence-electron chi connectivity index (χ1n) is 18.9. The van der Waals surface area contributed by atoms with Gasteiger partial charge in [-0.2, -0.15) is 0 Å². The van der Waals surface area contributed by atoms with Crippen molar-refractivity contribution in [1.29, 1.82) is 0 Å². The summed E-state index contributed by atoms with van der Waals surface area (Å²) in [6.07, 6.45) is 42.5. The molecule has 40 heavy (non-hydrogen) atoms. The normalized spacial score (nSPS) is 11.5. The van der Waals surface area contributed by atoms with Crippen molar-refractivity contribution in [2.75, 3.05) is 6.61 Å². The molecule has 0 radical (unpaired) electrons. The van der Waals surface area contributed by atoms with Crippen LogP contribution in [0.25, 0.3) is 0 Å². The number of hydrogen-bond acceptors (Lipinski definition) is 2. The highest BCUT2D eigenvalue weighted by atomic mass is 16.5. The van der Waals surface area contributed by atoms with Crippen LogP contribution in [0.15, 0.2) is 0 Å². The molecule has 0 aromatic heterocycles. The van der Waals surface area contributed by atoms with Gasteiger partial charge >= 0.3 is 5.97 Å². The van der Waals surface area contributed by atoms with E-state index >= 15 is 0 Å². The van der Waals surface area contributed by atoms with Crippen molar-refractivity contribution in [2.24, 2.45) is 5.92 Å². The summed E-state index contributed by atoms with van der Waals surface area (Å²) in [5.41, 5.74) is 0. The zero-order valence-corrected chi connectivity index (χ0v) is 28.2. The highest BCUT2D eigenvalue weighted by Gasteiger charge is 2.19. The summed E-state index contributed by atoms with van der Waals surface area (Å²) in [6.45, 7) is 7.50. The quantitative estimate of drug-likeness (QED) is 0.0574. The number of ether oxygens (including phenoxy) is 1. The Balaban J connectivity index is 4.05. The van der Waals surface area contributed by atoms with E-state index in [-0.39, 0.29) is 11.9 Å². The Bertz CT molecular complexity index is 450. The molecule has 0 aromatic carbocycles. The Labute approximate surface area is 254 Å². The third kappa shape index (κ3) is 30.4. The molecule has 0 saturated carbocycles. The lowest BCUT2D eigenvalue weighted by molar-refractivity contribution is -0.149. The largest absolute Gasteiger partial charge is 0.465 e. The molecule has 2 heteroatoms. The van der Waals surface area contributed by atoms with Crippen LogP contribution in [0.4, 0.5) is 0 Å². The Morgan fingerprint density at radius 1 is 0.375 bits per heavy atom. The van der Waals surface area contributed by atoms with Crippen molar-refractivity contribution in [3.05, 3.63) is 0 Å². The molecular weight excluding hydrogens is 488 g/mol. The zero-order chi connectivity index (χ0) is 29.2. The van der Waals surface area contributed by atoms with E-state index in [2.05, 4.69) is 20.8 Å². The SMILES string of the molecule is CCCCCCCCCCCCOC(=O)C(CCCCCCCCCCCC)CCCCCCCCCCCC. The minimum Gasteiger partial charge on any atom is -0.465 e. The van der Waals surface area contributed by atoms with Gasteiger partial charge in [0.05, 0.1) is 12.5 Å². The maximum atomic E-state index is 13.0. The zero-order valence-electron chi connectivity index (χ0n) is 28.2. The molecule has 0 N–H and O–H groups in total. The number of carbonyl (C=O) groups excluding carboxylic acids is 1. The van der Waals surface area contributed by atoms with Crippen LogP contribution in [0.1, 0.15) is 226 Å². The highest BCUT2D eigenvalue weighted by Crippen LogP contribution is 2.22. The lowest BCUT2D eigenvalue weighted by atomic mass is 9.94. The molecule has 2 nitrogen and oxygen atoms in total. The average molecular weight is 565 g/mol. The Kier molecular flexibility index (Phi) is 34.2. The maximum absolute atomic E-state index is 13.0. The molecular formula is C38H76O2. The van der Waals surface area contributed by atoms with Crippen molar-refractivity contribution in [1.82, 2.24) is 0 Å². The Morgan fingerprint density at radius 2 is 0.625 bits per heavy atom. The Hall–Kier alpha value is -0.530. The molecule has 0 rings (SSSR count). The van der Waals surface area contributed by atoms with Gasteiger partial charge in [-0.3, -0.25) is 4.79 Å². The van der Waals surface area contributed by atoms with Crippen LogP contribution >= 0.6 is 0 Å². The first-order chi connectivity index (χ1) is 19.8. The second kappa shape index (κ2) is 34.7. The van der Waals surface area contributed by atoms with Crippen molar-refractivity contribution in [3.63, 3.8) is 0 Å². The van der Waals surface area contributed by atoms with Gasteiger partial charge in [-0.05, 0) is 19.3 Å². The van der Waals surface area contributed by atoms with Crippen molar-refractivity contribution in [2.45, 2.75) is 226 Å². The predicted octanol–water partition coefficient (Wildman–Crippen LogP) is 13.7. The van der Waals surface area contributed by atoms with Crippen molar-refractivity contribution >= 4 is 5.97 Å². The van der Waals surface area contributed by atoms with Gasteiger partial charge in [0.2, 0.25) is 0 Å². The molecule has 0 atom stereocenters. The summed E-state index contributed by atoms with van der Waals surface area (Å²) in [6, 6.07) is 0. The molecule has 0 spiro atoms. The van der Waals surface area contributed by atoms with E-state index in [1.165, 1.54) is 186 Å². The van der Waals surface area contributed by atoms with E-state index in [0.717, 1.165) is 19.3 Å². The predicted molar refractivity (Wildman–Crippen MR) is 179 cm³/mol. The summed E-state index contributed by atoms with van der Waals surface area (Å²) in [5, 5.41) is 0. The number of rotatable bonds is 34. The maximum Gasteiger partial charge on any atom is 0.308 e. The molecule has 0 heterocycles. The summed E-state index contributed by atoms with van der Waals surface area (Å²) < 4.78 is 5.82. The standard InChI is InChI=1S/C38H76O2/c1-4-7-10-13-16-19-22-25-28-31-34-37(35-32-29-26-23-20-17-14-11-8-5-2)38(39)40-36-33-30-27-24-21-18-15-12-9-6-3/h37H,4-36H2,1-3H3. The summed E-state index contributed by atoms with van der Waals surface area (Å²) in [7, 11) is 0. The van der Waals surface area contributed by atoms with Gasteiger partial charge in [-0.15, -0.1) is 0 Å². The van der Waals surface area contributed by atoms with Gasteiger partial charge in [0, 0.05) is 0 Å². The minimum atomic E-state index is 0.114. The molecule has 0 saturated heterocycles. The van der Waals surface area contributed by atoms with E-state index in [1.54, 1.807) is 0 Å². The third-order valence-electron chi connectivity index (χ3n) is 8.89. The van der Waals surface area contributed by atoms with Crippen molar-refractivity contribution < 1.29 is 9.53 Å². The van der Waals surface area contributed by atoms with Gasteiger partial charge in [-0.25, -0.2) is 0 Å². The van der Waals surface area contributed by atoms with Gasteiger partial charge in [0.25, 0.3) is 0 Å². The molecule has 0 unspecified atom stereocenters. The molecule has 0 fully saturated rings. The first kappa shape index (κ1) is 39.5. The van der Waals surface area contributed by atoms with Gasteiger partial charge in [-0.1, -0.05) is 207 Å². The van der Waals surface area contributed by atoms with E-state index < -0.39 is 0 Å². The number of unbranched alkanes of at least 4 members (excludes halogenated alkanes) is 27.